The highest BCUT2D eigenvalue weighted by Gasteiger charge is 2.21. The number of aromatic nitrogens is 4. The van der Waals surface area contributed by atoms with Crippen LogP contribution in [0.25, 0.3) is 5.69 Å². The van der Waals surface area contributed by atoms with Crippen molar-refractivity contribution in [2.45, 2.75) is 0 Å². The van der Waals surface area contributed by atoms with Crippen LogP contribution in [0.4, 0.5) is 0 Å². The van der Waals surface area contributed by atoms with E-state index < -0.39 is 5.97 Å². The average Bonchev–Trinajstić information content (AvgIpc) is 3.10. The third-order valence-electron chi connectivity index (χ3n) is 2.48. The Morgan fingerprint density at radius 2 is 2.10 bits per heavy atom. The van der Waals surface area contributed by atoms with E-state index in [-0.39, 0.29) is 16.6 Å². The summed E-state index contributed by atoms with van der Waals surface area (Å²) in [6.07, 6.45) is 1.24. The van der Waals surface area contributed by atoms with Gasteiger partial charge >= 0.3 is 11.2 Å². The van der Waals surface area contributed by atoms with Gasteiger partial charge in [0.2, 0.25) is 5.88 Å². The molecule has 0 aliphatic carbocycles. The maximum atomic E-state index is 11.2. The summed E-state index contributed by atoms with van der Waals surface area (Å²) in [7, 11) is 0. The highest BCUT2D eigenvalue weighted by atomic mass is 32.1. The molecule has 2 aromatic heterocycles. The van der Waals surface area contributed by atoms with Gasteiger partial charge in [0, 0.05) is 0 Å². The first-order valence-electron chi connectivity index (χ1n) is 5.56. The van der Waals surface area contributed by atoms with Crippen LogP contribution in [0.2, 0.25) is 0 Å². The second-order valence-electron chi connectivity index (χ2n) is 3.72. The number of para-hydroxylation sites is 1. The Labute approximate surface area is 117 Å². The molecule has 0 radical (unpaired) electrons. The van der Waals surface area contributed by atoms with Gasteiger partial charge in [-0.1, -0.05) is 34.6 Å². The second kappa shape index (κ2) is 5.10. The lowest BCUT2D eigenvalue weighted by Gasteiger charge is -2.07. The second-order valence-corrected chi connectivity index (χ2v) is 4.52. The molecule has 20 heavy (non-hydrogen) atoms. The minimum atomic E-state index is -1.12. The molecule has 0 amide bonds. The normalized spacial score (nSPS) is 10.4. The standard InChI is InChI=1S/C12H8N4O3S/c17-11(18)9-6-14-16(8-4-2-1-3-5-8)10(9)19-12-15-13-7-20-12/h1-7H,(H,17,18). The maximum absolute atomic E-state index is 11.2. The van der Waals surface area contributed by atoms with Crippen LogP contribution in [0, 0.1) is 0 Å². The first-order chi connectivity index (χ1) is 9.75. The van der Waals surface area contributed by atoms with Crippen LogP contribution in [0.5, 0.6) is 11.1 Å². The summed E-state index contributed by atoms with van der Waals surface area (Å²) < 4.78 is 6.91. The van der Waals surface area contributed by atoms with Crippen molar-refractivity contribution in [1.29, 1.82) is 0 Å². The molecule has 0 atom stereocenters. The molecule has 7 nitrogen and oxygen atoms in total. The Bertz CT molecular complexity index is 725. The molecule has 0 aliphatic rings. The highest BCUT2D eigenvalue weighted by molar-refractivity contribution is 7.11. The molecule has 0 aliphatic heterocycles. The fourth-order valence-electron chi connectivity index (χ4n) is 1.63. The lowest BCUT2D eigenvalue weighted by atomic mass is 10.3. The number of rotatable bonds is 4. The quantitative estimate of drug-likeness (QED) is 0.791. The van der Waals surface area contributed by atoms with E-state index in [1.54, 1.807) is 12.1 Å². The van der Waals surface area contributed by atoms with Gasteiger partial charge in [-0.3, -0.25) is 0 Å². The number of hydrogen-bond donors (Lipinski definition) is 1. The third kappa shape index (κ3) is 2.24. The van der Waals surface area contributed by atoms with Crippen LogP contribution in [0.15, 0.2) is 42.0 Å². The number of aromatic carboxylic acids is 1. The van der Waals surface area contributed by atoms with E-state index >= 15 is 0 Å². The van der Waals surface area contributed by atoms with Crippen LogP contribution >= 0.6 is 11.3 Å². The Balaban J connectivity index is 2.09. The van der Waals surface area contributed by atoms with E-state index in [4.69, 9.17) is 4.74 Å². The van der Waals surface area contributed by atoms with Crippen molar-refractivity contribution in [1.82, 2.24) is 20.0 Å². The molecule has 1 N–H and O–H groups in total. The predicted octanol–water partition coefficient (Wildman–Crippen LogP) is 2.21. The Morgan fingerprint density at radius 1 is 1.30 bits per heavy atom. The molecule has 3 rings (SSSR count). The van der Waals surface area contributed by atoms with Crippen LogP contribution in [-0.2, 0) is 0 Å². The predicted molar refractivity (Wildman–Crippen MR) is 70.5 cm³/mol. The summed E-state index contributed by atoms with van der Waals surface area (Å²) in [6, 6.07) is 9.10. The van der Waals surface area contributed by atoms with Crippen molar-refractivity contribution in [3.05, 3.63) is 47.6 Å². The summed E-state index contributed by atoms with van der Waals surface area (Å²) in [6.45, 7) is 0. The molecule has 0 saturated heterocycles. The monoisotopic (exact) mass is 288 g/mol. The van der Waals surface area contributed by atoms with E-state index in [9.17, 15) is 9.90 Å². The number of carboxylic acids is 1. The van der Waals surface area contributed by atoms with Gasteiger partial charge in [0.05, 0.1) is 11.9 Å². The molecule has 0 unspecified atom stereocenters. The number of hydrogen-bond acceptors (Lipinski definition) is 6. The van der Waals surface area contributed by atoms with Crippen LogP contribution in [-0.4, -0.2) is 31.1 Å². The Morgan fingerprint density at radius 3 is 2.75 bits per heavy atom. The molecule has 100 valence electrons. The smallest absolute Gasteiger partial charge is 0.342 e. The summed E-state index contributed by atoms with van der Waals surface area (Å²) in [4.78, 5) is 11.2. The van der Waals surface area contributed by atoms with Gasteiger partial charge in [-0.15, -0.1) is 5.10 Å². The fraction of sp³-hybridized carbons (Fsp3) is 0. The largest absolute Gasteiger partial charge is 0.477 e. The minimum absolute atomic E-state index is 0.0379. The van der Waals surface area contributed by atoms with Crippen molar-refractivity contribution >= 4 is 17.3 Å². The molecule has 0 bridgehead atoms. The lowest BCUT2D eigenvalue weighted by molar-refractivity contribution is 0.0694. The maximum Gasteiger partial charge on any atom is 0.342 e. The fourth-order valence-corrected chi connectivity index (χ4v) is 2.03. The molecule has 0 fully saturated rings. The van der Waals surface area contributed by atoms with E-state index in [1.807, 2.05) is 18.2 Å². The molecule has 0 spiro atoms. The van der Waals surface area contributed by atoms with Crippen molar-refractivity contribution < 1.29 is 14.6 Å². The number of nitrogens with zero attached hydrogens (tertiary/aromatic N) is 4. The van der Waals surface area contributed by atoms with Crippen molar-refractivity contribution in [3.63, 3.8) is 0 Å². The van der Waals surface area contributed by atoms with E-state index in [2.05, 4.69) is 15.3 Å². The molecule has 8 heteroatoms. The molecule has 0 saturated carbocycles. The average molecular weight is 288 g/mol. The van der Waals surface area contributed by atoms with E-state index in [0.717, 1.165) is 0 Å². The number of benzene rings is 1. The zero-order chi connectivity index (χ0) is 13.9. The highest BCUT2D eigenvalue weighted by Crippen LogP contribution is 2.28. The third-order valence-corrected chi connectivity index (χ3v) is 3.05. The SMILES string of the molecule is O=C(O)c1cnn(-c2ccccc2)c1Oc1nncs1. The van der Waals surface area contributed by atoms with Gasteiger partial charge in [-0.2, -0.15) is 9.78 Å². The summed E-state index contributed by atoms with van der Waals surface area (Å²) in [5, 5.41) is 20.9. The van der Waals surface area contributed by atoms with Gasteiger partial charge in [0.1, 0.15) is 11.1 Å². The van der Waals surface area contributed by atoms with Crippen LogP contribution < -0.4 is 4.74 Å². The van der Waals surface area contributed by atoms with Crippen LogP contribution in [0.1, 0.15) is 10.4 Å². The Kier molecular flexibility index (Phi) is 3.13. The van der Waals surface area contributed by atoms with Gasteiger partial charge in [-0.25, -0.2) is 4.79 Å². The van der Waals surface area contributed by atoms with Gasteiger partial charge in [0.15, 0.2) is 0 Å². The lowest BCUT2D eigenvalue weighted by Crippen LogP contribution is -2.03. The minimum Gasteiger partial charge on any atom is -0.477 e. The topological polar surface area (TPSA) is 90.1 Å². The molecule has 3 aromatic rings. The summed E-state index contributed by atoms with van der Waals surface area (Å²) in [5.41, 5.74) is 2.16. The summed E-state index contributed by atoms with van der Waals surface area (Å²) in [5.74, 6) is -1.02. The van der Waals surface area contributed by atoms with Gasteiger partial charge in [0.25, 0.3) is 0 Å². The van der Waals surface area contributed by atoms with E-state index in [1.165, 1.54) is 27.7 Å². The van der Waals surface area contributed by atoms with E-state index in [0.29, 0.717) is 5.69 Å². The molecular weight excluding hydrogens is 280 g/mol. The Hall–Kier alpha value is -2.74. The molecular formula is C12H8N4O3S. The van der Waals surface area contributed by atoms with Crippen molar-refractivity contribution in [3.8, 4) is 16.8 Å². The number of ether oxygens (including phenoxy) is 1. The summed E-state index contributed by atoms with van der Waals surface area (Å²) >= 11 is 1.17. The van der Waals surface area contributed by atoms with Crippen LogP contribution in [0.3, 0.4) is 0 Å². The number of carboxylic acid groups (broad SMARTS) is 1. The first kappa shape index (κ1) is 12.3. The van der Waals surface area contributed by atoms with Gasteiger partial charge < -0.3 is 9.84 Å². The zero-order valence-corrected chi connectivity index (χ0v) is 10.8. The molecule has 2 heterocycles. The molecule has 1 aromatic carbocycles. The van der Waals surface area contributed by atoms with Crippen molar-refractivity contribution in [2.24, 2.45) is 0 Å². The van der Waals surface area contributed by atoms with Gasteiger partial charge in [-0.05, 0) is 12.1 Å². The number of carbonyl (C=O) groups is 1. The zero-order valence-electron chi connectivity index (χ0n) is 10.0. The van der Waals surface area contributed by atoms with Crippen molar-refractivity contribution in [2.75, 3.05) is 0 Å². The first-order valence-corrected chi connectivity index (χ1v) is 6.44.